The monoisotopic (exact) mass is 186 g/mol. The molecule has 0 saturated carbocycles. The van der Waals surface area contributed by atoms with Gasteiger partial charge in [-0.25, -0.2) is 0 Å². The highest BCUT2D eigenvalue weighted by atomic mass is 14.7. The summed E-state index contributed by atoms with van der Waals surface area (Å²) in [5.74, 6) is 0. The minimum Gasteiger partial charge on any atom is -0.360 e. The third kappa shape index (κ3) is 1.77. The van der Waals surface area contributed by atoms with E-state index >= 15 is 0 Å². The van der Waals surface area contributed by atoms with Crippen molar-refractivity contribution < 1.29 is 0 Å². The predicted molar refractivity (Wildman–Crippen MR) is 59.1 cm³/mol. The molecule has 0 saturated heterocycles. The Morgan fingerprint density at radius 1 is 1.29 bits per heavy atom. The fourth-order valence-electron chi connectivity index (χ4n) is 1.33. The SMILES string of the molecule is CC.Cc1ccc2[nH]cc(C#N)c2c1. The summed E-state index contributed by atoms with van der Waals surface area (Å²) in [6.07, 6.45) is 1.74. The summed E-state index contributed by atoms with van der Waals surface area (Å²) in [7, 11) is 0. The molecule has 0 radical (unpaired) electrons. The predicted octanol–water partition coefficient (Wildman–Crippen LogP) is 3.37. The Hall–Kier alpha value is -1.75. The van der Waals surface area contributed by atoms with Crippen LogP contribution in [0, 0.1) is 18.3 Å². The minimum absolute atomic E-state index is 0.716. The highest BCUT2D eigenvalue weighted by Gasteiger charge is 2.01. The normalized spacial score (nSPS) is 9.00. The maximum absolute atomic E-state index is 8.75. The van der Waals surface area contributed by atoms with E-state index in [1.807, 2.05) is 39.0 Å². The van der Waals surface area contributed by atoms with E-state index in [0.717, 1.165) is 10.9 Å². The fourth-order valence-corrected chi connectivity index (χ4v) is 1.33. The van der Waals surface area contributed by atoms with E-state index in [1.165, 1.54) is 5.56 Å². The maximum atomic E-state index is 8.75. The second-order valence-corrected chi connectivity index (χ2v) is 2.86. The number of rotatable bonds is 0. The number of aromatic nitrogens is 1. The number of hydrogen-bond donors (Lipinski definition) is 1. The van der Waals surface area contributed by atoms with Gasteiger partial charge in [-0.1, -0.05) is 25.5 Å². The Morgan fingerprint density at radius 3 is 2.64 bits per heavy atom. The lowest BCUT2D eigenvalue weighted by Gasteiger charge is -1.91. The zero-order valence-corrected chi connectivity index (χ0v) is 8.76. The molecule has 0 aliphatic heterocycles. The third-order valence-electron chi connectivity index (χ3n) is 1.96. The number of nitrogens with one attached hydrogen (secondary N) is 1. The van der Waals surface area contributed by atoms with Gasteiger partial charge in [-0.05, 0) is 19.1 Å². The molecule has 72 valence electrons. The van der Waals surface area contributed by atoms with Crippen molar-refractivity contribution in [3.8, 4) is 6.07 Å². The van der Waals surface area contributed by atoms with Gasteiger partial charge in [-0.3, -0.25) is 0 Å². The van der Waals surface area contributed by atoms with Gasteiger partial charge in [0.2, 0.25) is 0 Å². The minimum atomic E-state index is 0.716. The van der Waals surface area contributed by atoms with E-state index in [1.54, 1.807) is 6.20 Å². The Balaban J connectivity index is 0.000000461. The van der Waals surface area contributed by atoms with Gasteiger partial charge in [-0.15, -0.1) is 0 Å². The molecule has 1 N–H and O–H groups in total. The molecule has 1 heterocycles. The van der Waals surface area contributed by atoms with Crippen LogP contribution in [0.4, 0.5) is 0 Å². The lowest BCUT2D eigenvalue weighted by atomic mass is 10.1. The van der Waals surface area contributed by atoms with E-state index in [0.29, 0.717) is 5.56 Å². The van der Waals surface area contributed by atoms with Crippen molar-refractivity contribution in [1.29, 1.82) is 5.26 Å². The molecule has 2 nitrogen and oxygen atoms in total. The Bertz CT molecular complexity index is 461. The zero-order chi connectivity index (χ0) is 10.6. The molecule has 0 aliphatic rings. The van der Waals surface area contributed by atoms with Crippen LogP contribution in [-0.2, 0) is 0 Å². The average Bonchev–Trinajstić information content (AvgIpc) is 2.63. The first-order valence-electron chi connectivity index (χ1n) is 4.79. The molecule has 0 unspecified atom stereocenters. The van der Waals surface area contributed by atoms with Crippen LogP contribution in [-0.4, -0.2) is 4.98 Å². The number of H-pyrrole nitrogens is 1. The second-order valence-electron chi connectivity index (χ2n) is 2.86. The van der Waals surface area contributed by atoms with E-state index in [2.05, 4.69) is 11.1 Å². The molecule has 1 aromatic heterocycles. The van der Waals surface area contributed by atoms with Crippen molar-refractivity contribution in [3.63, 3.8) is 0 Å². The number of benzene rings is 1. The number of hydrogen-bond acceptors (Lipinski definition) is 1. The Kier molecular flexibility index (Phi) is 3.30. The summed E-state index contributed by atoms with van der Waals surface area (Å²) in [5.41, 5.74) is 2.92. The molecule has 0 fully saturated rings. The summed E-state index contributed by atoms with van der Waals surface area (Å²) >= 11 is 0. The van der Waals surface area contributed by atoms with E-state index in [9.17, 15) is 0 Å². The molecule has 14 heavy (non-hydrogen) atoms. The molecule has 0 bridgehead atoms. The van der Waals surface area contributed by atoms with Crippen LogP contribution < -0.4 is 0 Å². The first-order valence-corrected chi connectivity index (χ1v) is 4.79. The van der Waals surface area contributed by atoms with Crippen LogP contribution in [0.5, 0.6) is 0 Å². The summed E-state index contributed by atoms with van der Waals surface area (Å²) in [6.45, 7) is 6.02. The third-order valence-corrected chi connectivity index (χ3v) is 1.96. The number of aromatic amines is 1. The van der Waals surface area contributed by atoms with Crippen LogP contribution in [0.25, 0.3) is 10.9 Å². The summed E-state index contributed by atoms with van der Waals surface area (Å²) in [5, 5.41) is 9.76. The Morgan fingerprint density at radius 2 is 2.00 bits per heavy atom. The molecule has 2 aromatic rings. The van der Waals surface area contributed by atoms with Gasteiger partial charge in [0.05, 0.1) is 5.56 Å². The highest BCUT2D eigenvalue weighted by Crippen LogP contribution is 2.18. The van der Waals surface area contributed by atoms with Crippen molar-refractivity contribution >= 4 is 10.9 Å². The van der Waals surface area contributed by atoms with Crippen LogP contribution in [0.1, 0.15) is 25.0 Å². The molecular weight excluding hydrogens is 172 g/mol. The number of aryl methyl sites for hydroxylation is 1. The first-order chi connectivity index (χ1) is 6.81. The zero-order valence-electron chi connectivity index (χ0n) is 8.76. The van der Waals surface area contributed by atoms with Crippen LogP contribution >= 0.6 is 0 Å². The number of nitrogens with zero attached hydrogens (tertiary/aromatic N) is 1. The van der Waals surface area contributed by atoms with Gasteiger partial charge in [0.15, 0.2) is 0 Å². The lowest BCUT2D eigenvalue weighted by Crippen LogP contribution is -1.73. The van der Waals surface area contributed by atoms with Gasteiger partial charge >= 0.3 is 0 Å². The molecule has 2 rings (SSSR count). The smallest absolute Gasteiger partial charge is 0.101 e. The standard InChI is InChI=1S/C10H8N2.C2H6/c1-7-2-3-10-9(4-7)8(5-11)6-12-10;1-2/h2-4,6,12H,1H3;1-2H3. The maximum Gasteiger partial charge on any atom is 0.101 e. The summed E-state index contributed by atoms with van der Waals surface area (Å²) in [6, 6.07) is 8.18. The topological polar surface area (TPSA) is 39.6 Å². The van der Waals surface area contributed by atoms with Crippen LogP contribution in [0.3, 0.4) is 0 Å². The lowest BCUT2D eigenvalue weighted by molar-refractivity contribution is 1.44. The van der Waals surface area contributed by atoms with Crippen molar-refractivity contribution in [1.82, 2.24) is 4.98 Å². The molecule has 0 aliphatic carbocycles. The molecule has 1 aromatic carbocycles. The van der Waals surface area contributed by atoms with E-state index in [4.69, 9.17) is 5.26 Å². The Labute approximate surface area is 84.2 Å². The number of nitriles is 1. The van der Waals surface area contributed by atoms with E-state index in [-0.39, 0.29) is 0 Å². The van der Waals surface area contributed by atoms with Gasteiger partial charge < -0.3 is 4.98 Å². The van der Waals surface area contributed by atoms with Gasteiger partial charge in [-0.2, -0.15) is 5.26 Å². The quantitative estimate of drug-likeness (QED) is 0.673. The molecular formula is C12H14N2. The van der Waals surface area contributed by atoms with Gasteiger partial charge in [0, 0.05) is 17.1 Å². The highest BCUT2D eigenvalue weighted by molar-refractivity contribution is 5.86. The molecule has 2 heteroatoms. The second kappa shape index (κ2) is 4.48. The largest absolute Gasteiger partial charge is 0.360 e. The fraction of sp³-hybridized carbons (Fsp3) is 0.250. The summed E-state index contributed by atoms with van der Waals surface area (Å²) < 4.78 is 0. The first kappa shape index (κ1) is 10.3. The van der Waals surface area contributed by atoms with E-state index < -0.39 is 0 Å². The summed E-state index contributed by atoms with van der Waals surface area (Å²) in [4.78, 5) is 3.04. The van der Waals surface area contributed by atoms with Crippen LogP contribution in [0.2, 0.25) is 0 Å². The van der Waals surface area contributed by atoms with Crippen molar-refractivity contribution in [2.45, 2.75) is 20.8 Å². The van der Waals surface area contributed by atoms with Gasteiger partial charge in [0.1, 0.15) is 6.07 Å². The molecule has 0 atom stereocenters. The van der Waals surface area contributed by atoms with Gasteiger partial charge in [0.25, 0.3) is 0 Å². The van der Waals surface area contributed by atoms with Crippen molar-refractivity contribution in [2.75, 3.05) is 0 Å². The molecule has 0 amide bonds. The van der Waals surface area contributed by atoms with Crippen molar-refractivity contribution in [2.24, 2.45) is 0 Å². The van der Waals surface area contributed by atoms with Crippen molar-refractivity contribution in [3.05, 3.63) is 35.5 Å². The van der Waals surface area contributed by atoms with Crippen LogP contribution in [0.15, 0.2) is 24.4 Å². The molecule has 0 spiro atoms. The average molecular weight is 186 g/mol. The number of fused-ring (bicyclic) bond motifs is 1.